The van der Waals surface area contributed by atoms with Crippen molar-refractivity contribution in [3.05, 3.63) is 68.9 Å². The third-order valence-corrected chi connectivity index (χ3v) is 4.58. The van der Waals surface area contributed by atoms with Crippen LogP contribution < -0.4 is 5.32 Å². The van der Waals surface area contributed by atoms with Gasteiger partial charge in [-0.3, -0.25) is 0 Å². The first-order valence-corrected chi connectivity index (χ1v) is 7.49. The molecule has 20 heavy (non-hydrogen) atoms. The summed E-state index contributed by atoms with van der Waals surface area (Å²) in [5, 5.41) is 3.34. The smallest absolute Gasteiger partial charge is 0.123 e. The normalized spacial score (nSPS) is 12.4. The summed E-state index contributed by atoms with van der Waals surface area (Å²) in [4.78, 5) is 0. The Morgan fingerprint density at radius 1 is 1.20 bits per heavy atom. The van der Waals surface area contributed by atoms with Crippen LogP contribution in [0.4, 0.5) is 4.39 Å². The van der Waals surface area contributed by atoms with E-state index >= 15 is 0 Å². The summed E-state index contributed by atoms with van der Waals surface area (Å²) >= 11 is 3.50. The van der Waals surface area contributed by atoms with Crippen LogP contribution in [0, 0.1) is 19.7 Å². The van der Waals surface area contributed by atoms with Gasteiger partial charge in [0.05, 0.1) is 0 Å². The monoisotopic (exact) mass is 335 g/mol. The fourth-order valence-electron chi connectivity index (χ4n) is 2.44. The number of benzene rings is 2. The second-order valence-electron chi connectivity index (χ2n) is 5.07. The molecule has 3 heteroatoms. The Balaban J connectivity index is 2.34. The van der Waals surface area contributed by atoms with Crippen molar-refractivity contribution >= 4 is 15.9 Å². The zero-order valence-corrected chi connectivity index (χ0v) is 13.6. The first-order valence-electron chi connectivity index (χ1n) is 6.70. The van der Waals surface area contributed by atoms with Crippen LogP contribution in [0.2, 0.25) is 0 Å². The van der Waals surface area contributed by atoms with E-state index in [0.717, 1.165) is 16.5 Å². The minimum Gasteiger partial charge on any atom is -0.313 e. The van der Waals surface area contributed by atoms with Gasteiger partial charge in [0.15, 0.2) is 0 Å². The molecular weight excluding hydrogens is 317 g/mol. The van der Waals surface area contributed by atoms with Crippen molar-refractivity contribution in [2.75, 3.05) is 7.05 Å². The Bertz CT molecular complexity index is 610. The van der Waals surface area contributed by atoms with Crippen molar-refractivity contribution in [3.63, 3.8) is 0 Å². The quantitative estimate of drug-likeness (QED) is 0.853. The Morgan fingerprint density at radius 2 is 1.95 bits per heavy atom. The first kappa shape index (κ1) is 15.2. The van der Waals surface area contributed by atoms with E-state index in [1.165, 1.54) is 22.8 Å². The highest BCUT2D eigenvalue weighted by Crippen LogP contribution is 2.27. The van der Waals surface area contributed by atoms with Crippen molar-refractivity contribution in [2.24, 2.45) is 0 Å². The van der Waals surface area contributed by atoms with Crippen LogP contribution in [0.3, 0.4) is 0 Å². The maximum absolute atomic E-state index is 13.4. The van der Waals surface area contributed by atoms with Gasteiger partial charge < -0.3 is 5.32 Å². The van der Waals surface area contributed by atoms with Crippen LogP contribution in [-0.2, 0) is 6.42 Å². The average molecular weight is 336 g/mol. The third-order valence-electron chi connectivity index (χ3n) is 3.80. The van der Waals surface area contributed by atoms with Gasteiger partial charge in [0.1, 0.15) is 5.82 Å². The summed E-state index contributed by atoms with van der Waals surface area (Å²) in [6.07, 6.45) is 0.749. The highest BCUT2D eigenvalue weighted by molar-refractivity contribution is 9.10. The Hall–Kier alpha value is -1.19. The molecule has 0 radical (unpaired) electrons. The molecule has 0 aliphatic heterocycles. The number of rotatable bonds is 4. The van der Waals surface area contributed by atoms with Crippen molar-refractivity contribution in [1.29, 1.82) is 0 Å². The van der Waals surface area contributed by atoms with Crippen molar-refractivity contribution in [2.45, 2.75) is 26.3 Å². The topological polar surface area (TPSA) is 12.0 Å². The van der Waals surface area contributed by atoms with Gasteiger partial charge in [0.2, 0.25) is 0 Å². The number of nitrogens with one attached hydrogen (secondary N) is 1. The molecule has 0 saturated heterocycles. The van der Waals surface area contributed by atoms with E-state index < -0.39 is 0 Å². The maximum Gasteiger partial charge on any atom is 0.123 e. The number of aryl methyl sites for hydroxylation is 1. The summed E-state index contributed by atoms with van der Waals surface area (Å²) in [7, 11) is 1.94. The summed E-state index contributed by atoms with van der Waals surface area (Å²) in [6, 6.07) is 11.3. The van der Waals surface area contributed by atoms with Crippen LogP contribution in [-0.4, -0.2) is 7.05 Å². The molecule has 0 heterocycles. The van der Waals surface area contributed by atoms with E-state index in [2.05, 4.69) is 53.3 Å². The number of hydrogen-bond acceptors (Lipinski definition) is 1. The molecule has 106 valence electrons. The number of halogens is 2. The summed E-state index contributed by atoms with van der Waals surface area (Å²) in [5.74, 6) is -0.195. The predicted octanol–water partition coefficient (Wildman–Crippen LogP) is 4.71. The maximum atomic E-state index is 13.4. The standard InChI is InChI=1S/C17H19BrFN/c1-11-5-4-6-15(12(11)2)17(20-3)10-13-9-14(19)7-8-16(13)18/h4-9,17,20H,10H2,1-3H3. The number of hydrogen-bond donors (Lipinski definition) is 1. The Labute approximate surface area is 128 Å². The summed E-state index contributed by atoms with van der Waals surface area (Å²) in [6.45, 7) is 4.25. The van der Waals surface area contributed by atoms with E-state index in [4.69, 9.17) is 0 Å². The van der Waals surface area contributed by atoms with Gasteiger partial charge in [-0.25, -0.2) is 4.39 Å². The molecule has 2 rings (SSSR count). The molecule has 0 amide bonds. The molecule has 0 spiro atoms. The molecule has 1 nitrogen and oxygen atoms in total. The molecule has 0 fully saturated rings. The summed E-state index contributed by atoms with van der Waals surface area (Å²) in [5.41, 5.74) is 4.81. The van der Waals surface area contributed by atoms with E-state index in [0.29, 0.717) is 0 Å². The van der Waals surface area contributed by atoms with E-state index in [1.54, 1.807) is 12.1 Å². The lowest BCUT2D eigenvalue weighted by molar-refractivity contribution is 0.580. The van der Waals surface area contributed by atoms with Crippen LogP contribution in [0.1, 0.15) is 28.3 Å². The molecular formula is C17H19BrFN. The zero-order valence-electron chi connectivity index (χ0n) is 12.0. The lowest BCUT2D eigenvalue weighted by atomic mass is 9.93. The molecule has 1 unspecified atom stereocenters. The van der Waals surface area contributed by atoms with Crippen molar-refractivity contribution < 1.29 is 4.39 Å². The molecule has 0 aromatic heterocycles. The SMILES string of the molecule is CNC(Cc1cc(F)ccc1Br)c1cccc(C)c1C. The first-order chi connectivity index (χ1) is 9.52. The molecule has 1 atom stereocenters. The Morgan fingerprint density at radius 3 is 2.65 bits per heavy atom. The van der Waals surface area contributed by atoms with Crippen LogP contribution in [0.15, 0.2) is 40.9 Å². The third kappa shape index (κ3) is 3.28. The van der Waals surface area contributed by atoms with Gasteiger partial charge in [0.25, 0.3) is 0 Å². The highest BCUT2D eigenvalue weighted by atomic mass is 79.9. The highest BCUT2D eigenvalue weighted by Gasteiger charge is 2.15. The van der Waals surface area contributed by atoms with Crippen LogP contribution in [0.25, 0.3) is 0 Å². The second kappa shape index (κ2) is 6.51. The van der Waals surface area contributed by atoms with Crippen molar-refractivity contribution in [3.8, 4) is 0 Å². The van der Waals surface area contributed by atoms with Gasteiger partial charge in [-0.15, -0.1) is 0 Å². The minimum atomic E-state index is -0.195. The van der Waals surface area contributed by atoms with Gasteiger partial charge in [0, 0.05) is 10.5 Å². The van der Waals surface area contributed by atoms with Gasteiger partial charge >= 0.3 is 0 Å². The molecule has 2 aromatic rings. The minimum absolute atomic E-state index is 0.174. The number of likely N-dealkylation sites (N-methyl/N-ethyl adjacent to an activating group) is 1. The zero-order chi connectivity index (χ0) is 14.7. The molecule has 0 aliphatic rings. The van der Waals surface area contributed by atoms with E-state index in [-0.39, 0.29) is 11.9 Å². The van der Waals surface area contributed by atoms with Gasteiger partial charge in [-0.05, 0) is 67.8 Å². The lowest BCUT2D eigenvalue weighted by Gasteiger charge is -2.21. The van der Waals surface area contributed by atoms with E-state index in [9.17, 15) is 4.39 Å². The molecule has 2 aromatic carbocycles. The van der Waals surface area contributed by atoms with Gasteiger partial charge in [-0.2, -0.15) is 0 Å². The van der Waals surface area contributed by atoms with Gasteiger partial charge in [-0.1, -0.05) is 34.1 Å². The molecule has 0 saturated carbocycles. The summed E-state index contributed by atoms with van der Waals surface area (Å²) < 4.78 is 14.4. The molecule has 0 bridgehead atoms. The van der Waals surface area contributed by atoms with Crippen LogP contribution in [0.5, 0.6) is 0 Å². The Kier molecular flexibility index (Phi) is 4.95. The largest absolute Gasteiger partial charge is 0.313 e. The fraction of sp³-hybridized carbons (Fsp3) is 0.294. The lowest BCUT2D eigenvalue weighted by Crippen LogP contribution is -2.20. The van der Waals surface area contributed by atoms with E-state index in [1.807, 2.05) is 7.05 Å². The van der Waals surface area contributed by atoms with Crippen LogP contribution >= 0.6 is 15.9 Å². The average Bonchev–Trinajstić information content (AvgIpc) is 2.43. The van der Waals surface area contributed by atoms with Crippen molar-refractivity contribution in [1.82, 2.24) is 5.32 Å². The predicted molar refractivity (Wildman–Crippen MR) is 85.5 cm³/mol. The fourth-order valence-corrected chi connectivity index (χ4v) is 2.85. The second-order valence-corrected chi connectivity index (χ2v) is 5.92. The molecule has 0 aliphatic carbocycles. The molecule has 1 N–H and O–H groups in total.